The lowest BCUT2D eigenvalue weighted by Crippen LogP contribution is -1.83. The Morgan fingerprint density at radius 3 is 2.80 bits per heavy atom. The van der Waals surface area contributed by atoms with Gasteiger partial charge in [-0.15, -0.1) is 0 Å². The van der Waals surface area contributed by atoms with Gasteiger partial charge in [-0.05, 0) is 23.6 Å². The normalized spacial score (nSPS) is 18.0. The third kappa shape index (κ3) is 1.62. The lowest BCUT2D eigenvalue weighted by atomic mass is 10.4. The van der Waals surface area contributed by atoms with Gasteiger partial charge in [-0.2, -0.15) is 0 Å². The molecular weight excluding hydrogens is 132 g/mol. The minimum absolute atomic E-state index is 0.250. The van der Waals surface area contributed by atoms with Crippen LogP contribution in [0.2, 0.25) is 0 Å². The molecule has 1 aliphatic carbocycles. The van der Waals surface area contributed by atoms with E-state index < -0.39 is 0 Å². The van der Waals surface area contributed by atoms with E-state index in [9.17, 15) is 0 Å². The van der Waals surface area contributed by atoms with Crippen molar-refractivity contribution in [3.63, 3.8) is 0 Å². The maximum absolute atomic E-state index is 8.36. The summed E-state index contributed by atoms with van der Waals surface area (Å²) in [5.41, 5.74) is 2.98. The molecule has 2 rings (SSSR count). The van der Waals surface area contributed by atoms with Crippen LogP contribution < -0.4 is 0 Å². The molecule has 0 unspecified atom stereocenters. The molecule has 1 N–H and O–H groups in total. The van der Waals surface area contributed by atoms with Crippen LogP contribution in [0.15, 0.2) is 23.5 Å². The first-order chi connectivity index (χ1) is 4.88. The van der Waals surface area contributed by atoms with Crippen LogP contribution in [0.4, 0.5) is 0 Å². The molecule has 0 fully saturated rings. The van der Waals surface area contributed by atoms with Crippen molar-refractivity contribution < 1.29 is 14.6 Å². The number of ether oxygens (including phenoxy) is 1. The third-order valence-electron chi connectivity index (χ3n) is 1.36. The van der Waals surface area contributed by atoms with Crippen LogP contribution in [-0.4, -0.2) is 18.2 Å². The lowest BCUT2D eigenvalue weighted by Gasteiger charge is -1.94. The Morgan fingerprint density at radius 1 is 1.70 bits per heavy atom. The minimum Gasteiger partial charge on any atom is -0.497 e. The second-order valence-electron chi connectivity index (χ2n) is 2.02. The van der Waals surface area contributed by atoms with E-state index in [0.717, 1.165) is 6.61 Å². The van der Waals surface area contributed by atoms with E-state index in [4.69, 9.17) is 14.6 Å². The summed E-state index contributed by atoms with van der Waals surface area (Å²) in [7, 11) is 0. The molecule has 0 amide bonds. The molecule has 0 radical (unpaired) electrons. The summed E-state index contributed by atoms with van der Waals surface area (Å²) < 4.78 is 4.98. The summed E-state index contributed by atoms with van der Waals surface area (Å²) in [6.07, 6.45) is 5.02. The molecule has 0 aromatic carbocycles. The van der Waals surface area contributed by atoms with Crippen molar-refractivity contribution in [2.24, 2.45) is 0 Å². The largest absolute Gasteiger partial charge is 0.497 e. The second-order valence-corrected chi connectivity index (χ2v) is 2.02. The summed E-state index contributed by atoms with van der Waals surface area (Å²) in [5, 5.41) is 6.89. The Labute approximate surface area is 58.6 Å². The van der Waals surface area contributed by atoms with Gasteiger partial charge in [-0.25, -0.2) is 0 Å². The standard InChI is InChI=1S/C6H6O.CH2O2/c1-2-7-4-6-3-5(1)6;2-1-3/h1-2H,3-4H2;1H,(H,2,3). The van der Waals surface area contributed by atoms with Gasteiger partial charge in [0.15, 0.2) is 0 Å². The smallest absolute Gasteiger partial charge is 0.290 e. The Bertz CT molecular complexity index is 191. The molecule has 54 valence electrons. The van der Waals surface area contributed by atoms with Crippen LogP contribution in [0.3, 0.4) is 0 Å². The molecule has 1 heterocycles. The van der Waals surface area contributed by atoms with E-state index in [1.165, 1.54) is 17.6 Å². The van der Waals surface area contributed by atoms with E-state index in [0.29, 0.717) is 0 Å². The Morgan fingerprint density at radius 2 is 2.40 bits per heavy atom. The molecule has 3 heteroatoms. The molecule has 0 saturated carbocycles. The number of carbonyl (C=O) groups is 1. The van der Waals surface area contributed by atoms with Gasteiger partial charge in [0.05, 0.1) is 6.26 Å². The summed E-state index contributed by atoms with van der Waals surface area (Å²) >= 11 is 0. The zero-order valence-corrected chi connectivity index (χ0v) is 5.41. The Kier molecular flexibility index (Phi) is 2.10. The highest BCUT2D eigenvalue weighted by Crippen LogP contribution is 2.34. The zero-order valence-electron chi connectivity index (χ0n) is 5.41. The van der Waals surface area contributed by atoms with Crippen LogP contribution in [0.25, 0.3) is 0 Å². The molecule has 0 atom stereocenters. The van der Waals surface area contributed by atoms with Crippen molar-refractivity contribution in [3.8, 4) is 0 Å². The number of hydrogen-bond donors (Lipinski definition) is 1. The van der Waals surface area contributed by atoms with Crippen LogP contribution >= 0.6 is 0 Å². The zero-order chi connectivity index (χ0) is 7.40. The summed E-state index contributed by atoms with van der Waals surface area (Å²) in [5.74, 6) is 0. The first kappa shape index (κ1) is 6.86. The maximum atomic E-state index is 8.36. The Balaban J connectivity index is 0.000000148. The fourth-order valence-corrected chi connectivity index (χ4v) is 0.785. The highest BCUT2D eigenvalue weighted by atomic mass is 16.5. The lowest BCUT2D eigenvalue weighted by molar-refractivity contribution is -0.122. The molecule has 0 spiro atoms. The number of carboxylic acid groups (broad SMARTS) is 1. The maximum Gasteiger partial charge on any atom is 0.290 e. The van der Waals surface area contributed by atoms with Gasteiger partial charge in [-0.3, -0.25) is 4.79 Å². The fraction of sp³-hybridized carbons (Fsp3) is 0.286. The van der Waals surface area contributed by atoms with Gasteiger partial charge < -0.3 is 9.84 Å². The van der Waals surface area contributed by atoms with E-state index in [1.54, 1.807) is 6.26 Å². The van der Waals surface area contributed by atoms with Crippen molar-refractivity contribution in [3.05, 3.63) is 23.5 Å². The molecule has 2 aliphatic rings. The number of hydrogen-bond acceptors (Lipinski definition) is 2. The Hall–Kier alpha value is -1.25. The van der Waals surface area contributed by atoms with Gasteiger partial charge in [0.2, 0.25) is 0 Å². The predicted octanol–water partition coefficient (Wildman–Crippen LogP) is 0.931. The van der Waals surface area contributed by atoms with Crippen LogP contribution in [0, 0.1) is 0 Å². The number of allylic oxidation sites excluding steroid dienone is 2. The molecule has 0 saturated heterocycles. The predicted molar refractivity (Wildman–Crippen MR) is 35.4 cm³/mol. The van der Waals surface area contributed by atoms with Crippen LogP contribution in [0.5, 0.6) is 0 Å². The molecule has 0 aromatic rings. The first-order valence-electron chi connectivity index (χ1n) is 2.95. The van der Waals surface area contributed by atoms with Crippen molar-refractivity contribution in [1.82, 2.24) is 0 Å². The van der Waals surface area contributed by atoms with Crippen molar-refractivity contribution >= 4 is 6.47 Å². The van der Waals surface area contributed by atoms with Crippen molar-refractivity contribution in [2.45, 2.75) is 6.42 Å². The highest BCUT2D eigenvalue weighted by molar-refractivity contribution is 5.44. The van der Waals surface area contributed by atoms with Crippen LogP contribution in [-0.2, 0) is 9.53 Å². The summed E-state index contributed by atoms with van der Waals surface area (Å²) in [6.45, 7) is 0.603. The average molecular weight is 140 g/mol. The highest BCUT2D eigenvalue weighted by Gasteiger charge is 2.20. The average Bonchev–Trinajstić information content (AvgIpc) is 2.66. The van der Waals surface area contributed by atoms with Gasteiger partial charge in [0.25, 0.3) is 6.47 Å². The van der Waals surface area contributed by atoms with Crippen LogP contribution in [0.1, 0.15) is 6.42 Å². The first-order valence-corrected chi connectivity index (χ1v) is 2.95. The summed E-state index contributed by atoms with van der Waals surface area (Å²) in [4.78, 5) is 8.36. The molecule has 3 nitrogen and oxygen atoms in total. The van der Waals surface area contributed by atoms with Gasteiger partial charge >= 0.3 is 0 Å². The van der Waals surface area contributed by atoms with Gasteiger partial charge in [0, 0.05) is 0 Å². The topological polar surface area (TPSA) is 46.5 Å². The second kappa shape index (κ2) is 3.06. The van der Waals surface area contributed by atoms with E-state index >= 15 is 0 Å². The number of rotatable bonds is 0. The summed E-state index contributed by atoms with van der Waals surface area (Å²) in [6, 6.07) is 0. The van der Waals surface area contributed by atoms with Gasteiger partial charge in [0.1, 0.15) is 6.61 Å². The molecule has 0 aromatic heterocycles. The minimum atomic E-state index is -0.250. The fourth-order valence-electron chi connectivity index (χ4n) is 0.785. The van der Waals surface area contributed by atoms with Crippen molar-refractivity contribution in [1.29, 1.82) is 0 Å². The quantitative estimate of drug-likeness (QED) is 0.509. The molecule has 1 aliphatic heterocycles. The molecule has 0 bridgehead atoms. The molecule has 10 heavy (non-hydrogen) atoms. The van der Waals surface area contributed by atoms with E-state index in [-0.39, 0.29) is 6.47 Å². The van der Waals surface area contributed by atoms with Gasteiger partial charge in [-0.1, -0.05) is 0 Å². The molecular formula is C7H8O3. The monoisotopic (exact) mass is 140 g/mol. The third-order valence-corrected chi connectivity index (χ3v) is 1.36. The SMILES string of the molecule is C1=CC2=C(CO1)C2.O=CO. The van der Waals surface area contributed by atoms with E-state index in [2.05, 4.69) is 0 Å². The van der Waals surface area contributed by atoms with Crippen molar-refractivity contribution in [2.75, 3.05) is 6.61 Å². The van der Waals surface area contributed by atoms with E-state index in [1.807, 2.05) is 6.08 Å².